The standard InChI is InChI=1S/C30H36ClN3O5S/c1-4-6-20-32-30(36)23(3)33(21-24-12-14-25(31)15-13-24)29(35)22-34(26-10-8-7-9-11-26)40(37,38)28-18-16-27(17-19-28)39-5-2/h7-19,23H,4-6,20-22H2,1-3H3,(H,32,36)/t23-/m1/s1. The van der Waals surface area contributed by atoms with Gasteiger partial charge in [-0.05, 0) is 74.4 Å². The van der Waals surface area contributed by atoms with E-state index in [-0.39, 0.29) is 17.3 Å². The molecule has 3 rings (SSSR count). The first kappa shape index (κ1) is 31.0. The maximum Gasteiger partial charge on any atom is 0.264 e. The minimum absolute atomic E-state index is 0.0159. The molecule has 8 nitrogen and oxygen atoms in total. The Labute approximate surface area is 241 Å². The molecule has 1 N–H and O–H groups in total. The number of para-hydroxylation sites is 1. The average molecular weight is 586 g/mol. The summed E-state index contributed by atoms with van der Waals surface area (Å²) < 4.78 is 34.2. The number of nitrogens with zero attached hydrogens (tertiary/aromatic N) is 2. The maximum absolute atomic E-state index is 13.9. The van der Waals surface area contributed by atoms with Crippen LogP contribution in [0.3, 0.4) is 0 Å². The Bertz CT molecular complexity index is 1350. The van der Waals surface area contributed by atoms with Gasteiger partial charge in [-0.25, -0.2) is 8.42 Å². The number of anilines is 1. The summed E-state index contributed by atoms with van der Waals surface area (Å²) in [5, 5.41) is 3.42. The lowest BCUT2D eigenvalue weighted by atomic mass is 10.1. The zero-order valence-corrected chi connectivity index (χ0v) is 24.6. The highest BCUT2D eigenvalue weighted by molar-refractivity contribution is 7.92. The Hall–Kier alpha value is -3.56. The van der Waals surface area contributed by atoms with Crippen molar-refractivity contribution in [1.82, 2.24) is 10.2 Å². The molecule has 0 aliphatic carbocycles. The number of sulfonamides is 1. The van der Waals surface area contributed by atoms with Crippen LogP contribution in [-0.4, -0.2) is 50.9 Å². The third-order valence-electron chi connectivity index (χ3n) is 6.31. The second-order valence-electron chi connectivity index (χ2n) is 9.22. The maximum atomic E-state index is 13.9. The highest BCUT2D eigenvalue weighted by Crippen LogP contribution is 2.26. The monoisotopic (exact) mass is 585 g/mol. The summed E-state index contributed by atoms with van der Waals surface area (Å²) >= 11 is 6.04. The van der Waals surface area contributed by atoms with Crippen molar-refractivity contribution in [3.05, 3.63) is 89.4 Å². The van der Waals surface area contributed by atoms with Gasteiger partial charge in [0.25, 0.3) is 10.0 Å². The highest BCUT2D eigenvalue weighted by atomic mass is 35.5. The second kappa shape index (κ2) is 14.7. The number of nitrogens with one attached hydrogen (secondary N) is 1. The molecule has 0 aliphatic heterocycles. The first-order valence-electron chi connectivity index (χ1n) is 13.3. The molecule has 3 aromatic carbocycles. The van der Waals surface area contributed by atoms with Crippen molar-refractivity contribution in [2.45, 2.75) is 51.1 Å². The van der Waals surface area contributed by atoms with E-state index in [0.717, 1.165) is 22.7 Å². The summed E-state index contributed by atoms with van der Waals surface area (Å²) in [7, 11) is -4.14. The van der Waals surface area contributed by atoms with Crippen LogP contribution in [0.25, 0.3) is 0 Å². The van der Waals surface area contributed by atoms with Crippen LogP contribution in [0.4, 0.5) is 5.69 Å². The number of hydrogen-bond donors (Lipinski definition) is 1. The molecule has 0 saturated carbocycles. The van der Waals surface area contributed by atoms with E-state index in [9.17, 15) is 18.0 Å². The van der Waals surface area contributed by atoms with Gasteiger partial charge in [0.15, 0.2) is 0 Å². The fourth-order valence-electron chi connectivity index (χ4n) is 4.03. The van der Waals surface area contributed by atoms with E-state index in [4.69, 9.17) is 16.3 Å². The molecule has 0 saturated heterocycles. The van der Waals surface area contributed by atoms with E-state index in [0.29, 0.717) is 29.6 Å². The molecule has 3 aromatic rings. The van der Waals surface area contributed by atoms with Crippen LogP contribution in [0.5, 0.6) is 5.75 Å². The number of carbonyl (C=O) groups is 2. The smallest absolute Gasteiger partial charge is 0.264 e. The zero-order valence-electron chi connectivity index (χ0n) is 23.0. The van der Waals surface area contributed by atoms with Crippen molar-refractivity contribution in [3.63, 3.8) is 0 Å². The van der Waals surface area contributed by atoms with Gasteiger partial charge in [0.1, 0.15) is 18.3 Å². The fourth-order valence-corrected chi connectivity index (χ4v) is 5.57. The number of rotatable bonds is 14. The molecule has 0 aliphatic rings. The van der Waals surface area contributed by atoms with Crippen molar-refractivity contribution < 1.29 is 22.7 Å². The van der Waals surface area contributed by atoms with Crippen LogP contribution in [0.15, 0.2) is 83.8 Å². The molecule has 1 atom stereocenters. The Balaban J connectivity index is 1.96. The van der Waals surface area contributed by atoms with Gasteiger partial charge in [-0.2, -0.15) is 0 Å². The number of amides is 2. The predicted molar refractivity (Wildman–Crippen MR) is 158 cm³/mol. The number of unbranched alkanes of at least 4 members (excludes halogenated alkanes) is 1. The normalized spacial score (nSPS) is 11.9. The van der Waals surface area contributed by atoms with Crippen LogP contribution in [0.1, 0.15) is 39.2 Å². The lowest BCUT2D eigenvalue weighted by Crippen LogP contribution is -2.51. The van der Waals surface area contributed by atoms with Crippen molar-refractivity contribution in [2.75, 3.05) is 24.0 Å². The summed E-state index contributed by atoms with van der Waals surface area (Å²) in [6, 6.07) is 20.6. The molecule has 40 heavy (non-hydrogen) atoms. The van der Waals surface area contributed by atoms with Crippen molar-refractivity contribution in [3.8, 4) is 5.75 Å². The minimum Gasteiger partial charge on any atom is -0.494 e. The molecule has 0 bridgehead atoms. The molecule has 0 unspecified atom stereocenters. The van der Waals surface area contributed by atoms with Crippen molar-refractivity contribution >= 4 is 39.1 Å². The van der Waals surface area contributed by atoms with Gasteiger partial charge in [0.2, 0.25) is 11.8 Å². The molecule has 0 fully saturated rings. The fraction of sp³-hybridized carbons (Fsp3) is 0.333. The average Bonchev–Trinajstić information content (AvgIpc) is 2.96. The van der Waals surface area contributed by atoms with Gasteiger partial charge >= 0.3 is 0 Å². The first-order chi connectivity index (χ1) is 19.2. The van der Waals surface area contributed by atoms with E-state index in [2.05, 4.69) is 5.32 Å². The van der Waals surface area contributed by atoms with Crippen LogP contribution in [0.2, 0.25) is 5.02 Å². The highest BCUT2D eigenvalue weighted by Gasteiger charge is 2.32. The summed E-state index contributed by atoms with van der Waals surface area (Å²) in [4.78, 5) is 28.3. The second-order valence-corrected chi connectivity index (χ2v) is 11.5. The molecule has 0 radical (unpaired) electrons. The summed E-state index contributed by atoms with van der Waals surface area (Å²) in [5.74, 6) is -0.288. The molecule has 214 valence electrons. The molecule has 0 heterocycles. The molecule has 0 spiro atoms. The Morgan fingerprint density at radius 3 is 2.20 bits per heavy atom. The van der Waals surface area contributed by atoms with Crippen LogP contribution in [0, 0.1) is 0 Å². The topological polar surface area (TPSA) is 96.0 Å². The van der Waals surface area contributed by atoms with Crippen LogP contribution < -0.4 is 14.4 Å². The number of ether oxygens (including phenoxy) is 1. The SMILES string of the molecule is CCCCNC(=O)[C@@H](C)N(Cc1ccc(Cl)cc1)C(=O)CN(c1ccccc1)S(=O)(=O)c1ccc(OCC)cc1. The van der Waals surface area contributed by atoms with E-state index in [1.807, 2.05) is 13.8 Å². The lowest BCUT2D eigenvalue weighted by molar-refractivity contribution is -0.139. The Morgan fingerprint density at radius 2 is 1.60 bits per heavy atom. The molecule has 10 heteroatoms. The third kappa shape index (κ3) is 8.22. The summed E-state index contributed by atoms with van der Waals surface area (Å²) in [6.45, 7) is 6.05. The summed E-state index contributed by atoms with van der Waals surface area (Å²) in [5.41, 5.74) is 1.09. The Kier molecular flexibility index (Phi) is 11.4. The van der Waals surface area contributed by atoms with Gasteiger partial charge in [0, 0.05) is 18.1 Å². The van der Waals surface area contributed by atoms with Crippen molar-refractivity contribution in [2.24, 2.45) is 0 Å². The van der Waals surface area contributed by atoms with Gasteiger partial charge in [-0.3, -0.25) is 13.9 Å². The van der Waals surface area contributed by atoms with Gasteiger partial charge in [-0.1, -0.05) is 55.3 Å². The minimum atomic E-state index is -4.14. The molecular formula is C30H36ClN3O5S. The van der Waals surface area contributed by atoms with E-state index < -0.39 is 28.5 Å². The van der Waals surface area contributed by atoms with Gasteiger partial charge in [0.05, 0.1) is 17.2 Å². The lowest BCUT2D eigenvalue weighted by Gasteiger charge is -2.32. The molecular weight excluding hydrogens is 550 g/mol. The first-order valence-corrected chi connectivity index (χ1v) is 15.1. The Morgan fingerprint density at radius 1 is 0.950 bits per heavy atom. The summed E-state index contributed by atoms with van der Waals surface area (Å²) in [6.07, 6.45) is 1.73. The number of hydrogen-bond acceptors (Lipinski definition) is 5. The van der Waals surface area contributed by atoms with Gasteiger partial charge < -0.3 is 15.0 Å². The number of benzene rings is 3. The predicted octanol–water partition coefficient (Wildman–Crippen LogP) is 5.27. The van der Waals surface area contributed by atoms with E-state index in [1.54, 1.807) is 73.7 Å². The largest absolute Gasteiger partial charge is 0.494 e. The van der Waals surface area contributed by atoms with E-state index >= 15 is 0 Å². The number of carbonyl (C=O) groups excluding carboxylic acids is 2. The third-order valence-corrected chi connectivity index (χ3v) is 8.35. The van der Waals surface area contributed by atoms with Crippen LogP contribution in [-0.2, 0) is 26.2 Å². The van der Waals surface area contributed by atoms with Crippen molar-refractivity contribution in [1.29, 1.82) is 0 Å². The van der Waals surface area contributed by atoms with Gasteiger partial charge in [-0.15, -0.1) is 0 Å². The molecule has 0 aromatic heterocycles. The van der Waals surface area contributed by atoms with E-state index in [1.165, 1.54) is 17.0 Å². The number of halogens is 1. The zero-order chi connectivity index (χ0) is 29.1. The molecule has 2 amide bonds. The van der Waals surface area contributed by atoms with Crippen LogP contribution >= 0.6 is 11.6 Å². The quantitative estimate of drug-likeness (QED) is 0.260.